The molecule has 4 rings (SSSR count). The third kappa shape index (κ3) is 3.23. The molecule has 2 aliphatic rings. The fourth-order valence-electron chi connectivity index (χ4n) is 4.81. The van der Waals surface area contributed by atoms with E-state index in [-0.39, 0.29) is 35.6 Å². The summed E-state index contributed by atoms with van der Waals surface area (Å²) in [6, 6.07) is 3.41. The van der Waals surface area contributed by atoms with Gasteiger partial charge in [-0.1, -0.05) is 0 Å². The van der Waals surface area contributed by atoms with Crippen LogP contribution in [0, 0.1) is 17.1 Å². The number of aromatic carboxylic acids is 1. The second-order valence-corrected chi connectivity index (χ2v) is 8.29. The molecule has 2 aromatic rings. The molecule has 1 aliphatic carbocycles. The Morgan fingerprint density at radius 3 is 2.93 bits per heavy atom. The molecule has 0 amide bonds. The van der Waals surface area contributed by atoms with Crippen molar-refractivity contribution in [1.82, 2.24) is 9.47 Å². The van der Waals surface area contributed by atoms with E-state index in [9.17, 15) is 14.7 Å². The van der Waals surface area contributed by atoms with Gasteiger partial charge in [-0.05, 0) is 45.2 Å². The summed E-state index contributed by atoms with van der Waals surface area (Å²) in [5, 5.41) is 18.3. The fourth-order valence-corrected chi connectivity index (χ4v) is 4.81. The van der Waals surface area contributed by atoms with E-state index in [1.165, 1.54) is 12.3 Å². The molecule has 0 bridgehead atoms. The normalized spacial score (nSPS) is 22.8. The van der Waals surface area contributed by atoms with Crippen molar-refractivity contribution in [1.29, 1.82) is 5.26 Å². The number of hydrogen-bond donors (Lipinski definition) is 1. The zero-order chi connectivity index (χ0) is 21.6. The van der Waals surface area contributed by atoms with E-state index in [1.54, 1.807) is 4.57 Å². The van der Waals surface area contributed by atoms with Crippen molar-refractivity contribution in [2.45, 2.75) is 50.6 Å². The Labute approximate surface area is 173 Å². The van der Waals surface area contributed by atoms with Gasteiger partial charge in [0, 0.05) is 30.8 Å². The highest BCUT2D eigenvalue weighted by Crippen LogP contribution is 2.46. The van der Waals surface area contributed by atoms with Gasteiger partial charge in [0.1, 0.15) is 23.7 Å². The molecule has 3 unspecified atom stereocenters. The second-order valence-electron chi connectivity index (χ2n) is 8.29. The summed E-state index contributed by atoms with van der Waals surface area (Å²) in [5.41, 5.74) is -0.115. The predicted octanol–water partition coefficient (Wildman–Crippen LogP) is 3.27. The van der Waals surface area contributed by atoms with Crippen LogP contribution in [0.15, 0.2) is 17.1 Å². The summed E-state index contributed by atoms with van der Waals surface area (Å²) < 4.78 is 23.0. The molecule has 0 spiro atoms. The van der Waals surface area contributed by atoms with E-state index < -0.39 is 17.2 Å². The third-order valence-electron chi connectivity index (χ3n) is 6.45. The van der Waals surface area contributed by atoms with Crippen LogP contribution in [-0.2, 0) is 0 Å². The van der Waals surface area contributed by atoms with Crippen LogP contribution < -0.4 is 10.2 Å². The Balaban J connectivity index is 1.81. The van der Waals surface area contributed by atoms with Crippen LogP contribution in [0.1, 0.15) is 60.5 Å². The number of pyridine rings is 1. The monoisotopic (exact) mass is 413 g/mol. The molecule has 2 heterocycles. The number of rotatable bonds is 5. The van der Waals surface area contributed by atoms with Crippen molar-refractivity contribution in [3.8, 4) is 11.8 Å². The highest BCUT2D eigenvalue weighted by molar-refractivity contribution is 5.95. The summed E-state index contributed by atoms with van der Waals surface area (Å²) in [6.07, 6.45) is 4.22. The molecule has 1 saturated carbocycles. The Bertz CT molecular complexity index is 1120. The molecule has 8 heteroatoms. The summed E-state index contributed by atoms with van der Waals surface area (Å²) in [4.78, 5) is 26.4. The lowest BCUT2D eigenvalue weighted by molar-refractivity contribution is 0.0694. The summed E-state index contributed by atoms with van der Waals surface area (Å²) >= 11 is 0. The number of benzene rings is 1. The van der Waals surface area contributed by atoms with Crippen molar-refractivity contribution < 1.29 is 19.0 Å². The van der Waals surface area contributed by atoms with Gasteiger partial charge >= 0.3 is 5.97 Å². The third-order valence-corrected chi connectivity index (χ3v) is 6.45. The molecular formula is C22H24FN3O4. The molecule has 30 heavy (non-hydrogen) atoms. The Morgan fingerprint density at radius 2 is 2.23 bits per heavy atom. The first-order valence-electron chi connectivity index (χ1n) is 10.2. The molecule has 1 aromatic carbocycles. The summed E-state index contributed by atoms with van der Waals surface area (Å²) in [7, 11) is 1.98. The summed E-state index contributed by atoms with van der Waals surface area (Å²) in [5.74, 6) is -1.55. The lowest BCUT2D eigenvalue weighted by atomic mass is 9.92. The van der Waals surface area contributed by atoms with Gasteiger partial charge < -0.3 is 19.3 Å². The van der Waals surface area contributed by atoms with Gasteiger partial charge in [0.2, 0.25) is 5.43 Å². The molecular weight excluding hydrogens is 389 g/mol. The number of hydrogen-bond acceptors (Lipinski definition) is 5. The van der Waals surface area contributed by atoms with E-state index in [1.807, 2.05) is 14.0 Å². The lowest BCUT2D eigenvalue weighted by Gasteiger charge is -2.30. The van der Waals surface area contributed by atoms with Crippen molar-refractivity contribution in [3.05, 3.63) is 39.4 Å². The first kappa shape index (κ1) is 20.4. The first-order valence-corrected chi connectivity index (χ1v) is 10.2. The smallest absolute Gasteiger partial charge is 0.341 e. The molecule has 1 fully saturated rings. The number of carboxylic acid groups (broad SMARTS) is 1. The van der Waals surface area contributed by atoms with Crippen LogP contribution in [0.2, 0.25) is 0 Å². The van der Waals surface area contributed by atoms with Crippen LogP contribution in [0.4, 0.5) is 4.39 Å². The minimum absolute atomic E-state index is 0.0402. The minimum Gasteiger partial charge on any atom is -0.489 e. The van der Waals surface area contributed by atoms with Crippen LogP contribution in [0.25, 0.3) is 10.9 Å². The second kappa shape index (κ2) is 7.73. The number of nitrogens with zero attached hydrogens (tertiary/aromatic N) is 3. The van der Waals surface area contributed by atoms with Crippen LogP contribution in [0.3, 0.4) is 0 Å². The quantitative estimate of drug-likeness (QED) is 0.808. The Hall–Kier alpha value is -2.92. The van der Waals surface area contributed by atoms with Gasteiger partial charge in [-0.2, -0.15) is 5.26 Å². The van der Waals surface area contributed by atoms with E-state index >= 15 is 4.39 Å². The zero-order valence-corrected chi connectivity index (χ0v) is 17.0. The molecule has 1 aliphatic heterocycles. The van der Waals surface area contributed by atoms with Gasteiger partial charge in [0.25, 0.3) is 0 Å². The average Bonchev–Trinajstić information content (AvgIpc) is 3.19. The van der Waals surface area contributed by atoms with Gasteiger partial charge in [-0.3, -0.25) is 4.79 Å². The largest absolute Gasteiger partial charge is 0.489 e. The van der Waals surface area contributed by atoms with Gasteiger partial charge in [0.05, 0.1) is 23.0 Å². The Morgan fingerprint density at radius 1 is 1.47 bits per heavy atom. The summed E-state index contributed by atoms with van der Waals surface area (Å²) in [6.45, 7) is 2.82. The van der Waals surface area contributed by atoms with Gasteiger partial charge in [-0.25, -0.2) is 9.18 Å². The standard InChI is InChI=1S/C22H24FN3O4/c1-12-11-30-21-18(13-4-5-14(8-13)25(2)7-3-6-24)17(23)9-15-19(21)26(12)10-16(20(15)27)22(28)29/h9-10,12-14H,3-5,7-8,11H2,1-2H3,(H,28,29). The number of nitriles is 1. The number of ether oxygens (including phenoxy) is 1. The van der Waals surface area contributed by atoms with Crippen LogP contribution in [-0.4, -0.2) is 46.8 Å². The maximum Gasteiger partial charge on any atom is 0.341 e. The molecule has 7 nitrogen and oxygen atoms in total. The topological polar surface area (TPSA) is 95.6 Å². The minimum atomic E-state index is -1.32. The van der Waals surface area contributed by atoms with E-state index in [0.29, 0.717) is 29.8 Å². The lowest BCUT2D eigenvalue weighted by Crippen LogP contribution is -2.30. The molecule has 0 saturated heterocycles. The first-order chi connectivity index (χ1) is 14.3. The maximum atomic E-state index is 15.3. The van der Waals surface area contributed by atoms with Crippen molar-refractivity contribution in [2.24, 2.45) is 0 Å². The fraction of sp³-hybridized carbons (Fsp3) is 0.500. The van der Waals surface area contributed by atoms with Crippen LogP contribution >= 0.6 is 0 Å². The number of carboxylic acids is 1. The number of halogens is 1. The van der Waals surface area contributed by atoms with Crippen molar-refractivity contribution in [2.75, 3.05) is 20.2 Å². The van der Waals surface area contributed by atoms with Gasteiger partial charge in [-0.15, -0.1) is 0 Å². The SMILES string of the molecule is CC1COc2c(C3CCC(N(C)CCC#N)C3)c(F)cc3c(=O)c(C(=O)O)cn1c23. The molecule has 1 N–H and O–H groups in total. The molecule has 3 atom stereocenters. The number of aromatic nitrogens is 1. The van der Waals surface area contributed by atoms with E-state index in [0.717, 1.165) is 19.3 Å². The molecule has 158 valence electrons. The Kier molecular flexibility index (Phi) is 5.24. The zero-order valence-electron chi connectivity index (χ0n) is 17.0. The predicted molar refractivity (Wildman–Crippen MR) is 109 cm³/mol. The molecule has 0 radical (unpaired) electrons. The highest BCUT2D eigenvalue weighted by atomic mass is 19.1. The number of carbonyl (C=O) groups is 1. The average molecular weight is 413 g/mol. The van der Waals surface area contributed by atoms with Crippen LogP contribution in [0.5, 0.6) is 5.75 Å². The molecule has 1 aromatic heterocycles. The maximum absolute atomic E-state index is 15.3. The van der Waals surface area contributed by atoms with Crippen molar-refractivity contribution in [3.63, 3.8) is 0 Å². The highest BCUT2D eigenvalue weighted by Gasteiger charge is 2.35. The van der Waals surface area contributed by atoms with Crippen molar-refractivity contribution >= 4 is 16.9 Å². The van der Waals surface area contributed by atoms with E-state index in [2.05, 4.69) is 11.0 Å². The van der Waals surface area contributed by atoms with E-state index in [4.69, 9.17) is 10.00 Å². The van der Waals surface area contributed by atoms with Gasteiger partial charge in [0.15, 0.2) is 0 Å².